The second-order valence-electron chi connectivity index (χ2n) is 8.42. The Labute approximate surface area is 211 Å². The summed E-state index contributed by atoms with van der Waals surface area (Å²) >= 11 is 0. The van der Waals surface area contributed by atoms with E-state index in [1.165, 1.54) is 28.1 Å². The first-order valence-corrected chi connectivity index (χ1v) is 11.6. The quantitative estimate of drug-likeness (QED) is 0.347. The fourth-order valence-electron chi connectivity index (χ4n) is 4.05. The molecule has 0 bridgehead atoms. The second kappa shape index (κ2) is 10.4. The van der Waals surface area contributed by atoms with Gasteiger partial charge in [-0.3, -0.25) is 19.5 Å². The summed E-state index contributed by atoms with van der Waals surface area (Å²) in [5.41, 5.74) is 2.38. The van der Waals surface area contributed by atoms with Crippen molar-refractivity contribution >= 4 is 28.5 Å². The lowest BCUT2D eigenvalue weighted by Crippen LogP contribution is -2.45. The van der Waals surface area contributed by atoms with Crippen molar-refractivity contribution in [1.82, 2.24) is 25.3 Å². The van der Waals surface area contributed by atoms with E-state index in [2.05, 4.69) is 20.6 Å². The van der Waals surface area contributed by atoms with Gasteiger partial charge in [0.05, 0.1) is 18.3 Å². The number of carbonyl (C=O) groups is 2. The maximum Gasteiger partial charge on any atom is 0.249 e. The van der Waals surface area contributed by atoms with E-state index < -0.39 is 23.7 Å². The number of halogens is 1. The third-order valence-corrected chi connectivity index (χ3v) is 5.93. The van der Waals surface area contributed by atoms with Gasteiger partial charge in [0.2, 0.25) is 11.8 Å². The Balaban J connectivity index is 1.56. The molecule has 3 heterocycles. The van der Waals surface area contributed by atoms with Crippen LogP contribution in [0.5, 0.6) is 0 Å². The number of anilines is 1. The SMILES string of the molecule is Cc1ccc(N(C(=O)Cn2nnc3ccccc32)[C@@H](C(=O)NCc2ccco2)c2cccnc2)cc1F. The molecule has 0 aliphatic carbocycles. The molecule has 3 aromatic heterocycles. The highest BCUT2D eigenvalue weighted by molar-refractivity contribution is 6.01. The molecule has 5 aromatic rings. The lowest BCUT2D eigenvalue weighted by molar-refractivity contribution is -0.127. The van der Waals surface area contributed by atoms with Crippen LogP contribution in [0.15, 0.2) is 89.8 Å². The Morgan fingerprint density at radius 2 is 1.97 bits per heavy atom. The number of aromatic nitrogens is 4. The summed E-state index contributed by atoms with van der Waals surface area (Å²) in [6.07, 6.45) is 4.58. The third kappa shape index (κ3) is 5.08. The van der Waals surface area contributed by atoms with Gasteiger partial charge in [0, 0.05) is 23.6 Å². The van der Waals surface area contributed by atoms with Gasteiger partial charge < -0.3 is 9.73 Å². The predicted molar refractivity (Wildman–Crippen MR) is 134 cm³/mol. The van der Waals surface area contributed by atoms with Gasteiger partial charge in [-0.25, -0.2) is 9.07 Å². The first-order valence-electron chi connectivity index (χ1n) is 11.6. The van der Waals surface area contributed by atoms with Crippen molar-refractivity contribution in [1.29, 1.82) is 0 Å². The van der Waals surface area contributed by atoms with Gasteiger partial charge in [-0.15, -0.1) is 5.10 Å². The fraction of sp³-hybridized carbons (Fsp3) is 0.148. The molecule has 2 amide bonds. The van der Waals surface area contributed by atoms with Crippen molar-refractivity contribution in [2.75, 3.05) is 4.90 Å². The highest BCUT2D eigenvalue weighted by Crippen LogP contribution is 2.30. The lowest BCUT2D eigenvalue weighted by atomic mass is 10.0. The molecule has 1 atom stereocenters. The molecule has 0 fully saturated rings. The Hall–Kier alpha value is -4.86. The van der Waals surface area contributed by atoms with E-state index in [0.29, 0.717) is 27.9 Å². The number of nitrogens with zero attached hydrogens (tertiary/aromatic N) is 5. The normalized spacial score (nSPS) is 11.8. The highest BCUT2D eigenvalue weighted by Gasteiger charge is 2.34. The van der Waals surface area contributed by atoms with Crippen molar-refractivity contribution in [3.8, 4) is 0 Å². The van der Waals surface area contributed by atoms with Crippen LogP contribution in [0, 0.1) is 12.7 Å². The van der Waals surface area contributed by atoms with Crippen molar-refractivity contribution < 1.29 is 18.4 Å². The zero-order valence-electron chi connectivity index (χ0n) is 19.9. The molecule has 10 heteroatoms. The first-order chi connectivity index (χ1) is 18.0. The number of pyridine rings is 1. The number of para-hydroxylation sites is 1. The summed E-state index contributed by atoms with van der Waals surface area (Å²) in [7, 11) is 0. The topological polar surface area (TPSA) is 106 Å². The molecule has 0 saturated carbocycles. The van der Waals surface area contributed by atoms with Crippen LogP contribution in [-0.2, 0) is 22.7 Å². The molecular weight excluding hydrogens is 475 g/mol. The minimum absolute atomic E-state index is 0.112. The van der Waals surface area contributed by atoms with E-state index in [-0.39, 0.29) is 18.8 Å². The number of hydrogen-bond acceptors (Lipinski definition) is 6. The summed E-state index contributed by atoms with van der Waals surface area (Å²) in [5.74, 6) is -0.919. The van der Waals surface area contributed by atoms with Crippen LogP contribution in [0.25, 0.3) is 11.0 Å². The van der Waals surface area contributed by atoms with Crippen molar-refractivity contribution in [3.05, 3.63) is 108 Å². The number of furan rings is 1. The molecular formula is C27H23FN6O3. The monoisotopic (exact) mass is 498 g/mol. The average molecular weight is 499 g/mol. The molecule has 0 spiro atoms. The van der Waals surface area contributed by atoms with E-state index >= 15 is 0 Å². The molecule has 186 valence electrons. The van der Waals surface area contributed by atoms with Crippen LogP contribution in [0.2, 0.25) is 0 Å². The molecule has 9 nitrogen and oxygen atoms in total. The van der Waals surface area contributed by atoms with Crippen molar-refractivity contribution in [3.63, 3.8) is 0 Å². The van der Waals surface area contributed by atoms with Crippen LogP contribution in [-0.4, -0.2) is 31.8 Å². The van der Waals surface area contributed by atoms with Crippen LogP contribution in [0.1, 0.15) is 22.9 Å². The fourth-order valence-corrected chi connectivity index (χ4v) is 4.05. The van der Waals surface area contributed by atoms with Gasteiger partial charge in [0.25, 0.3) is 0 Å². The number of benzene rings is 2. The van der Waals surface area contributed by atoms with E-state index in [4.69, 9.17) is 4.42 Å². The number of aryl methyl sites for hydroxylation is 1. The third-order valence-electron chi connectivity index (χ3n) is 5.93. The van der Waals surface area contributed by atoms with E-state index in [0.717, 1.165) is 0 Å². The Kier molecular flexibility index (Phi) is 6.71. The molecule has 37 heavy (non-hydrogen) atoms. The lowest BCUT2D eigenvalue weighted by Gasteiger charge is -2.31. The largest absolute Gasteiger partial charge is 0.467 e. The smallest absolute Gasteiger partial charge is 0.249 e. The number of nitrogens with one attached hydrogen (secondary N) is 1. The van der Waals surface area contributed by atoms with E-state index in [1.807, 2.05) is 12.1 Å². The maximum atomic E-state index is 14.7. The molecule has 5 rings (SSSR count). The summed E-state index contributed by atoms with van der Waals surface area (Å²) < 4.78 is 21.5. The summed E-state index contributed by atoms with van der Waals surface area (Å²) in [4.78, 5) is 32.9. The minimum atomic E-state index is -1.15. The van der Waals surface area contributed by atoms with Crippen LogP contribution in [0.4, 0.5) is 10.1 Å². The van der Waals surface area contributed by atoms with Crippen LogP contribution < -0.4 is 10.2 Å². The van der Waals surface area contributed by atoms with E-state index in [1.54, 1.807) is 61.7 Å². The molecule has 0 aliphatic heterocycles. The number of fused-ring (bicyclic) bond motifs is 1. The van der Waals surface area contributed by atoms with Gasteiger partial charge in [-0.1, -0.05) is 29.5 Å². The number of carbonyl (C=O) groups excluding carboxylic acids is 2. The molecule has 1 N–H and O–H groups in total. The van der Waals surface area contributed by atoms with Crippen molar-refractivity contribution in [2.24, 2.45) is 0 Å². The molecule has 0 aliphatic rings. The average Bonchev–Trinajstić information content (AvgIpc) is 3.58. The summed E-state index contributed by atoms with van der Waals surface area (Å²) in [5, 5.41) is 11.0. The molecule has 0 saturated heterocycles. The number of rotatable bonds is 8. The molecule has 0 radical (unpaired) electrons. The van der Waals surface area contributed by atoms with Crippen LogP contribution >= 0.6 is 0 Å². The van der Waals surface area contributed by atoms with Gasteiger partial charge in [0.15, 0.2) is 0 Å². The van der Waals surface area contributed by atoms with Crippen LogP contribution in [0.3, 0.4) is 0 Å². The van der Waals surface area contributed by atoms with Gasteiger partial charge >= 0.3 is 0 Å². The zero-order chi connectivity index (χ0) is 25.8. The maximum absolute atomic E-state index is 14.7. The van der Waals surface area contributed by atoms with Gasteiger partial charge in [-0.05, 0) is 55.0 Å². The molecule has 2 aromatic carbocycles. The second-order valence-corrected chi connectivity index (χ2v) is 8.42. The van der Waals surface area contributed by atoms with Gasteiger partial charge in [-0.2, -0.15) is 0 Å². The number of amides is 2. The minimum Gasteiger partial charge on any atom is -0.467 e. The number of hydrogen-bond donors (Lipinski definition) is 1. The summed E-state index contributed by atoms with van der Waals surface area (Å²) in [6, 6.07) is 17.3. The van der Waals surface area contributed by atoms with E-state index in [9.17, 15) is 14.0 Å². The Bertz CT molecular complexity index is 1530. The van der Waals surface area contributed by atoms with Gasteiger partial charge in [0.1, 0.15) is 29.7 Å². The first kappa shape index (κ1) is 23.9. The zero-order valence-corrected chi connectivity index (χ0v) is 19.9. The Morgan fingerprint density at radius 3 is 2.73 bits per heavy atom. The predicted octanol–water partition coefficient (Wildman–Crippen LogP) is 3.96. The standard InChI is InChI=1S/C27H23FN6O3/c1-18-10-11-20(14-22(18)28)34(25(35)17-33-24-9-3-2-8-23(24)31-32-33)26(19-6-4-12-29-15-19)27(36)30-16-21-7-5-13-37-21/h2-15,26H,16-17H2,1H3,(H,30,36)/t26-/m1/s1. The van der Waals surface area contributed by atoms with Crippen molar-refractivity contribution in [2.45, 2.75) is 26.1 Å². The highest BCUT2D eigenvalue weighted by atomic mass is 19.1. The Morgan fingerprint density at radius 1 is 1.11 bits per heavy atom. The summed E-state index contributed by atoms with van der Waals surface area (Å²) in [6.45, 7) is 1.51. The molecule has 0 unspecified atom stereocenters.